The lowest BCUT2D eigenvalue weighted by Gasteiger charge is -2.43. The zero-order chi connectivity index (χ0) is 39.9. The molecule has 2 unspecified atom stereocenters. The second-order valence-electron chi connectivity index (χ2n) is 14.9. The molecule has 3 aromatic carbocycles. The Labute approximate surface area is 331 Å². The van der Waals surface area contributed by atoms with Crippen LogP contribution in [0.5, 0.6) is 11.5 Å². The van der Waals surface area contributed by atoms with Crippen LogP contribution in [-0.2, 0) is 17.9 Å². The number of nitrogens with zero attached hydrogens (tertiary/aromatic N) is 4. The summed E-state index contributed by atoms with van der Waals surface area (Å²) in [6.07, 6.45) is 1.35. The minimum atomic E-state index is -0.870. The van der Waals surface area contributed by atoms with E-state index in [2.05, 4.69) is 25.6 Å². The van der Waals surface area contributed by atoms with Crippen molar-refractivity contribution < 1.29 is 29.3 Å². The number of amides is 2. The summed E-state index contributed by atoms with van der Waals surface area (Å²) in [6.45, 7) is 6.78. The third kappa shape index (κ3) is 9.47. The highest BCUT2D eigenvalue weighted by Gasteiger charge is 2.37. The Morgan fingerprint density at radius 3 is 2.56 bits per heavy atom. The van der Waals surface area contributed by atoms with Gasteiger partial charge in [0, 0.05) is 44.7 Å². The van der Waals surface area contributed by atoms with E-state index in [9.17, 15) is 24.6 Å². The molecule has 5 heterocycles. The van der Waals surface area contributed by atoms with Gasteiger partial charge < -0.3 is 40.2 Å². The van der Waals surface area contributed by atoms with Crippen LogP contribution in [0.25, 0.3) is 10.9 Å². The zero-order valence-corrected chi connectivity index (χ0v) is 32.4. The molecule has 14 nitrogen and oxygen atoms in total. The predicted octanol–water partition coefficient (Wildman–Crippen LogP) is 4.72. The van der Waals surface area contributed by atoms with Gasteiger partial charge in [-0.05, 0) is 98.8 Å². The number of aliphatic hydroxyl groups excluding tert-OH is 1. The first kappa shape index (κ1) is 39.5. The highest BCUT2D eigenvalue weighted by molar-refractivity contribution is 5.92. The smallest absolute Gasteiger partial charge is 0.408 e. The highest BCUT2D eigenvalue weighted by Crippen LogP contribution is 2.31. The Kier molecular flexibility index (Phi) is 12.5. The molecule has 0 radical (unpaired) electrons. The lowest BCUT2D eigenvalue weighted by atomic mass is 9.86. The van der Waals surface area contributed by atoms with Crippen molar-refractivity contribution in [2.75, 3.05) is 46.3 Å². The minimum Gasteiger partial charge on any atom is -0.506 e. The van der Waals surface area contributed by atoms with Gasteiger partial charge >= 0.3 is 6.09 Å². The first-order chi connectivity index (χ1) is 27.7. The molecule has 5 aromatic rings. The predicted molar refractivity (Wildman–Crippen MR) is 215 cm³/mol. The molecule has 0 spiro atoms. The van der Waals surface area contributed by atoms with E-state index >= 15 is 0 Å². The topological polar surface area (TPSA) is 174 Å². The maximum Gasteiger partial charge on any atom is 0.408 e. The van der Waals surface area contributed by atoms with Crippen LogP contribution in [-0.4, -0.2) is 99.2 Å². The maximum absolute atomic E-state index is 13.5. The van der Waals surface area contributed by atoms with Crippen molar-refractivity contribution in [3.63, 3.8) is 0 Å². The number of nitrogens with one attached hydrogen (secondary N) is 3. The van der Waals surface area contributed by atoms with E-state index in [4.69, 9.17) is 9.47 Å². The molecule has 0 saturated carbocycles. The quantitative estimate of drug-likeness (QED) is 0.0883. The molecule has 300 valence electrons. The first-order valence-electron chi connectivity index (χ1n) is 19.7. The molecule has 3 atom stereocenters. The monoisotopic (exact) mass is 777 g/mol. The Bertz CT molecular complexity index is 2220. The number of benzene rings is 3. The molecule has 8 rings (SSSR count). The zero-order valence-electron chi connectivity index (χ0n) is 32.4. The summed E-state index contributed by atoms with van der Waals surface area (Å²) in [6, 6.07) is 24.8. The fraction of sp³-hybridized carbons (Fsp3) is 0.395. The molecule has 2 bridgehead atoms. The van der Waals surface area contributed by atoms with Crippen LogP contribution in [0, 0.1) is 5.92 Å². The van der Waals surface area contributed by atoms with Crippen molar-refractivity contribution in [2.45, 2.75) is 57.6 Å². The van der Waals surface area contributed by atoms with Gasteiger partial charge in [-0.3, -0.25) is 19.2 Å². The van der Waals surface area contributed by atoms with Gasteiger partial charge in [-0.1, -0.05) is 48.5 Å². The van der Waals surface area contributed by atoms with Gasteiger partial charge in [0.1, 0.15) is 35.6 Å². The van der Waals surface area contributed by atoms with E-state index in [-0.39, 0.29) is 42.0 Å². The summed E-state index contributed by atoms with van der Waals surface area (Å²) in [5.41, 5.74) is 3.37. The SMILES string of the molecule is CCn1nc(COc2cccc([C@@H](NC(=O)OC3CN4CCC3CC4)c3ccccc3)c2)cc1C(=O)N(C)CCCNCC(O)c1ccc(O)c2[nH]c(=O)ccc12. The van der Waals surface area contributed by atoms with Crippen molar-refractivity contribution in [3.05, 3.63) is 123 Å². The molecule has 3 fully saturated rings. The van der Waals surface area contributed by atoms with E-state index in [1.54, 1.807) is 34.8 Å². The molecule has 3 aliphatic rings. The number of carbonyl (C=O) groups excluding carboxylic acids is 2. The van der Waals surface area contributed by atoms with Crippen molar-refractivity contribution in [2.24, 2.45) is 5.92 Å². The molecule has 2 aromatic heterocycles. The number of carbonyl (C=O) groups is 2. The van der Waals surface area contributed by atoms with E-state index in [0.29, 0.717) is 60.1 Å². The van der Waals surface area contributed by atoms with Gasteiger partial charge in [0.25, 0.3) is 5.91 Å². The highest BCUT2D eigenvalue weighted by atomic mass is 16.6. The van der Waals surface area contributed by atoms with Crippen molar-refractivity contribution >= 4 is 22.9 Å². The molecule has 5 N–H and O–H groups in total. The van der Waals surface area contributed by atoms with Crippen LogP contribution in [0.3, 0.4) is 0 Å². The summed E-state index contributed by atoms with van der Waals surface area (Å²) < 4.78 is 13.9. The summed E-state index contributed by atoms with van der Waals surface area (Å²) in [5, 5.41) is 32.5. The molecule has 0 aliphatic carbocycles. The number of rotatable bonds is 16. The average molecular weight is 778 g/mol. The van der Waals surface area contributed by atoms with Crippen LogP contribution in [0.15, 0.2) is 89.7 Å². The summed E-state index contributed by atoms with van der Waals surface area (Å²) in [5.74, 6) is 0.785. The van der Waals surface area contributed by atoms with Crippen LogP contribution < -0.4 is 20.9 Å². The second kappa shape index (κ2) is 18.0. The second-order valence-corrected chi connectivity index (χ2v) is 14.9. The number of aromatic hydroxyl groups is 1. The number of aryl methyl sites for hydroxylation is 1. The molecule has 57 heavy (non-hydrogen) atoms. The lowest BCUT2D eigenvalue weighted by molar-refractivity contribution is -0.0336. The third-order valence-electron chi connectivity index (χ3n) is 11.0. The Morgan fingerprint density at radius 2 is 1.81 bits per heavy atom. The van der Waals surface area contributed by atoms with E-state index in [1.165, 1.54) is 12.1 Å². The number of hydrogen-bond acceptors (Lipinski definition) is 10. The summed E-state index contributed by atoms with van der Waals surface area (Å²) in [7, 11) is 1.75. The van der Waals surface area contributed by atoms with Crippen molar-refractivity contribution in [1.82, 2.24) is 35.2 Å². The fourth-order valence-electron chi connectivity index (χ4n) is 7.87. The molecular formula is C43H51N7O7. The average Bonchev–Trinajstić information content (AvgIpc) is 3.66. The van der Waals surface area contributed by atoms with Crippen LogP contribution in [0.1, 0.15) is 71.2 Å². The summed E-state index contributed by atoms with van der Waals surface area (Å²) >= 11 is 0. The Hall–Kier alpha value is -5.70. The molecule has 3 saturated heterocycles. The number of hydrogen-bond donors (Lipinski definition) is 5. The number of ether oxygens (including phenoxy) is 2. The largest absolute Gasteiger partial charge is 0.506 e. The Morgan fingerprint density at radius 1 is 1.02 bits per heavy atom. The molecular weight excluding hydrogens is 727 g/mol. The van der Waals surface area contributed by atoms with Gasteiger partial charge in [0.05, 0.1) is 17.7 Å². The number of aromatic nitrogens is 3. The van der Waals surface area contributed by atoms with Gasteiger partial charge in [0.2, 0.25) is 5.56 Å². The third-order valence-corrected chi connectivity index (χ3v) is 11.0. The van der Waals surface area contributed by atoms with Gasteiger partial charge in [-0.2, -0.15) is 5.10 Å². The van der Waals surface area contributed by atoms with Gasteiger partial charge in [-0.15, -0.1) is 0 Å². The number of piperidine rings is 3. The number of phenolic OH excluding ortho intramolecular Hbond substituents is 1. The number of phenols is 1. The maximum atomic E-state index is 13.5. The molecule has 14 heteroatoms. The standard InChI is InChI=1S/C43H51N7O7/c1-3-50-35(42(54)48(2)20-8-19-44-25-37(52)33-13-15-36(51)41-34(33)14-16-39(53)45-41)24-31(47-50)27-56-32-12-7-11-30(23-32)40(29-9-5-4-6-10-29)46-43(55)57-38-26-49-21-17-28(38)18-22-49/h4-7,9-16,23-24,28,37-38,40,44,51-52H,3,8,17-22,25-27H2,1-2H3,(H,45,53)(H,46,55)/t37?,38?,40-/m0/s1. The van der Waals surface area contributed by atoms with Crippen molar-refractivity contribution in [1.29, 1.82) is 0 Å². The van der Waals surface area contributed by atoms with Gasteiger partial charge in [-0.25, -0.2) is 4.79 Å². The van der Waals surface area contributed by atoms with Crippen LogP contribution >= 0.6 is 0 Å². The first-order valence-corrected chi connectivity index (χ1v) is 19.7. The lowest BCUT2D eigenvalue weighted by Crippen LogP contribution is -2.52. The van der Waals surface area contributed by atoms with E-state index < -0.39 is 18.2 Å². The number of pyridine rings is 1. The normalized spacial score (nSPS) is 18.5. The number of fused-ring (bicyclic) bond motifs is 4. The summed E-state index contributed by atoms with van der Waals surface area (Å²) in [4.78, 5) is 45.1. The van der Waals surface area contributed by atoms with E-state index in [1.807, 2.05) is 61.5 Å². The van der Waals surface area contributed by atoms with Crippen LogP contribution in [0.4, 0.5) is 4.79 Å². The number of aromatic amines is 1. The number of aliphatic hydroxyl groups is 1. The minimum absolute atomic E-state index is 0.0605. The molecule has 2 amide bonds. The Balaban J connectivity index is 0.921. The van der Waals surface area contributed by atoms with Gasteiger partial charge in [0.15, 0.2) is 0 Å². The van der Waals surface area contributed by atoms with Crippen LogP contribution in [0.2, 0.25) is 0 Å². The molecule has 3 aliphatic heterocycles. The van der Waals surface area contributed by atoms with Crippen molar-refractivity contribution in [3.8, 4) is 11.5 Å². The fourth-order valence-corrected chi connectivity index (χ4v) is 7.87. The number of alkyl carbamates (subject to hydrolysis) is 1. The van der Waals surface area contributed by atoms with E-state index in [0.717, 1.165) is 43.6 Å². The number of H-pyrrole nitrogens is 1.